The van der Waals surface area contributed by atoms with Crippen LogP contribution in [0.5, 0.6) is 5.88 Å². The Bertz CT molecular complexity index is 1120. The molecule has 4 aromatic rings. The van der Waals surface area contributed by atoms with Gasteiger partial charge in [0, 0.05) is 24.0 Å². The number of fused-ring (bicyclic) bond motifs is 1. The molecule has 0 bridgehead atoms. The highest BCUT2D eigenvalue weighted by atomic mass is 19.1. The summed E-state index contributed by atoms with van der Waals surface area (Å²) < 4.78 is 20.8. The minimum absolute atomic E-state index is 0.204. The third-order valence-electron chi connectivity index (χ3n) is 3.95. The first-order valence-electron chi connectivity index (χ1n) is 9.06. The van der Waals surface area contributed by atoms with Crippen LogP contribution in [0, 0.1) is 5.82 Å². The van der Waals surface area contributed by atoms with E-state index in [0.29, 0.717) is 34.3 Å². The standard InChI is InChI=1S/C18H15FN6O2.C2H6/c1-27-15-4-2-3-14(21-15)17-23-18(22-13-5-7-20-9-12(13)19)16-11(10-26)6-8-25(16)24-17;1-2/h2-9,26H,10H2,1H3,(H,20,22,23,24);1-2H3. The van der Waals surface area contributed by atoms with Crippen molar-refractivity contribution in [1.82, 2.24) is 24.6 Å². The molecule has 4 rings (SSSR count). The molecule has 0 saturated heterocycles. The maximum Gasteiger partial charge on any atom is 0.213 e. The summed E-state index contributed by atoms with van der Waals surface area (Å²) in [6.45, 7) is 3.80. The molecule has 0 aliphatic carbocycles. The van der Waals surface area contributed by atoms with E-state index in [9.17, 15) is 9.50 Å². The van der Waals surface area contributed by atoms with Crippen LogP contribution in [-0.2, 0) is 6.61 Å². The Morgan fingerprint density at radius 2 is 2.00 bits per heavy atom. The second kappa shape index (κ2) is 9.07. The van der Waals surface area contributed by atoms with Gasteiger partial charge in [0.15, 0.2) is 11.6 Å². The van der Waals surface area contributed by atoms with Gasteiger partial charge in [-0.1, -0.05) is 19.9 Å². The Morgan fingerprint density at radius 1 is 1.17 bits per heavy atom. The number of pyridine rings is 2. The van der Waals surface area contributed by atoms with Gasteiger partial charge in [-0.15, -0.1) is 5.10 Å². The number of aliphatic hydroxyl groups excluding tert-OH is 1. The van der Waals surface area contributed by atoms with Crippen molar-refractivity contribution in [1.29, 1.82) is 0 Å². The van der Waals surface area contributed by atoms with Crippen LogP contribution in [0.25, 0.3) is 17.0 Å². The van der Waals surface area contributed by atoms with E-state index in [4.69, 9.17) is 4.74 Å². The van der Waals surface area contributed by atoms with Crippen molar-refractivity contribution in [2.24, 2.45) is 0 Å². The maximum absolute atomic E-state index is 14.1. The van der Waals surface area contributed by atoms with E-state index in [-0.39, 0.29) is 12.3 Å². The molecular weight excluding hydrogens is 375 g/mol. The average Bonchev–Trinajstić information content (AvgIpc) is 3.20. The second-order valence-corrected chi connectivity index (χ2v) is 5.62. The minimum atomic E-state index is -0.521. The monoisotopic (exact) mass is 396 g/mol. The third kappa shape index (κ3) is 4.14. The molecule has 0 atom stereocenters. The highest BCUT2D eigenvalue weighted by Gasteiger charge is 2.16. The normalized spacial score (nSPS) is 10.4. The minimum Gasteiger partial charge on any atom is -0.481 e. The predicted molar refractivity (Wildman–Crippen MR) is 108 cm³/mol. The highest BCUT2D eigenvalue weighted by Crippen LogP contribution is 2.27. The smallest absolute Gasteiger partial charge is 0.213 e. The van der Waals surface area contributed by atoms with E-state index in [2.05, 4.69) is 25.4 Å². The maximum atomic E-state index is 14.1. The number of methoxy groups -OCH3 is 1. The topological polar surface area (TPSA) is 97.5 Å². The number of rotatable bonds is 5. The Balaban J connectivity index is 0.00000117. The summed E-state index contributed by atoms with van der Waals surface area (Å²) in [6.07, 6.45) is 4.27. The average molecular weight is 396 g/mol. The number of hydrogen-bond donors (Lipinski definition) is 2. The summed E-state index contributed by atoms with van der Waals surface area (Å²) in [6, 6.07) is 8.46. The molecule has 0 spiro atoms. The number of anilines is 2. The summed E-state index contributed by atoms with van der Waals surface area (Å²) in [5, 5.41) is 17.0. The van der Waals surface area contributed by atoms with Gasteiger partial charge in [-0.25, -0.2) is 18.9 Å². The van der Waals surface area contributed by atoms with Crippen LogP contribution in [-0.4, -0.2) is 36.8 Å². The molecule has 9 heteroatoms. The van der Waals surface area contributed by atoms with E-state index in [1.165, 1.54) is 19.4 Å². The Labute approximate surface area is 167 Å². The number of nitrogens with zero attached hydrogens (tertiary/aromatic N) is 5. The number of nitrogens with one attached hydrogen (secondary N) is 1. The molecule has 0 aromatic carbocycles. The molecule has 29 heavy (non-hydrogen) atoms. The van der Waals surface area contributed by atoms with Crippen molar-refractivity contribution >= 4 is 17.0 Å². The zero-order valence-corrected chi connectivity index (χ0v) is 16.3. The molecule has 150 valence electrons. The van der Waals surface area contributed by atoms with Crippen LogP contribution in [0.1, 0.15) is 19.4 Å². The van der Waals surface area contributed by atoms with Crippen molar-refractivity contribution in [3.8, 4) is 17.4 Å². The van der Waals surface area contributed by atoms with Crippen LogP contribution in [0.3, 0.4) is 0 Å². The Hall–Kier alpha value is -3.59. The van der Waals surface area contributed by atoms with E-state index < -0.39 is 5.82 Å². The molecular formula is C20H21FN6O2. The summed E-state index contributed by atoms with van der Waals surface area (Å²) in [5.41, 5.74) is 1.85. The zero-order chi connectivity index (χ0) is 20.8. The highest BCUT2D eigenvalue weighted by molar-refractivity contribution is 5.78. The number of aromatic nitrogens is 5. The van der Waals surface area contributed by atoms with Gasteiger partial charge in [-0.3, -0.25) is 4.98 Å². The summed E-state index contributed by atoms with van der Waals surface area (Å²) >= 11 is 0. The molecule has 0 fully saturated rings. The van der Waals surface area contributed by atoms with E-state index in [0.717, 1.165) is 6.20 Å². The van der Waals surface area contributed by atoms with Crippen molar-refractivity contribution in [2.75, 3.05) is 12.4 Å². The van der Waals surface area contributed by atoms with E-state index in [1.54, 1.807) is 35.0 Å². The number of aliphatic hydroxyl groups is 1. The van der Waals surface area contributed by atoms with Gasteiger partial charge in [-0.2, -0.15) is 0 Å². The third-order valence-corrected chi connectivity index (χ3v) is 3.95. The molecule has 4 heterocycles. The predicted octanol–water partition coefficient (Wildman–Crippen LogP) is 3.60. The van der Waals surface area contributed by atoms with Crippen molar-refractivity contribution in [2.45, 2.75) is 20.5 Å². The zero-order valence-electron chi connectivity index (χ0n) is 16.3. The molecule has 0 aliphatic heterocycles. The van der Waals surface area contributed by atoms with Gasteiger partial charge in [0.05, 0.1) is 25.6 Å². The summed E-state index contributed by atoms with van der Waals surface area (Å²) in [5.74, 6) is 0.559. The summed E-state index contributed by atoms with van der Waals surface area (Å²) in [4.78, 5) is 12.6. The molecule has 0 radical (unpaired) electrons. The molecule has 0 saturated carbocycles. The van der Waals surface area contributed by atoms with Crippen LogP contribution in [0.4, 0.5) is 15.9 Å². The first-order chi connectivity index (χ1) is 14.2. The van der Waals surface area contributed by atoms with Crippen LogP contribution >= 0.6 is 0 Å². The second-order valence-electron chi connectivity index (χ2n) is 5.62. The molecule has 0 aliphatic rings. The molecule has 8 nitrogen and oxygen atoms in total. The quantitative estimate of drug-likeness (QED) is 0.532. The lowest BCUT2D eigenvalue weighted by Gasteiger charge is -2.11. The lowest BCUT2D eigenvalue weighted by molar-refractivity contribution is 0.283. The van der Waals surface area contributed by atoms with Gasteiger partial charge in [0.1, 0.15) is 11.2 Å². The fourth-order valence-corrected chi connectivity index (χ4v) is 2.67. The largest absolute Gasteiger partial charge is 0.481 e. The van der Waals surface area contributed by atoms with Crippen molar-refractivity contribution in [3.63, 3.8) is 0 Å². The molecule has 0 unspecified atom stereocenters. The van der Waals surface area contributed by atoms with Gasteiger partial charge >= 0.3 is 0 Å². The molecule has 0 amide bonds. The summed E-state index contributed by atoms with van der Waals surface area (Å²) in [7, 11) is 1.52. The van der Waals surface area contributed by atoms with Crippen molar-refractivity contribution < 1.29 is 14.2 Å². The van der Waals surface area contributed by atoms with E-state index >= 15 is 0 Å². The van der Waals surface area contributed by atoms with Crippen LogP contribution < -0.4 is 10.1 Å². The number of ether oxygens (including phenoxy) is 1. The molecule has 4 aromatic heterocycles. The Morgan fingerprint density at radius 3 is 2.72 bits per heavy atom. The first-order valence-corrected chi connectivity index (χ1v) is 9.06. The van der Waals surface area contributed by atoms with Gasteiger partial charge < -0.3 is 15.2 Å². The fourth-order valence-electron chi connectivity index (χ4n) is 2.67. The van der Waals surface area contributed by atoms with Crippen LogP contribution in [0.15, 0.2) is 48.9 Å². The van der Waals surface area contributed by atoms with E-state index in [1.807, 2.05) is 13.8 Å². The van der Waals surface area contributed by atoms with Gasteiger partial charge in [0.25, 0.3) is 0 Å². The number of hydrogen-bond acceptors (Lipinski definition) is 7. The molecule has 2 N–H and O–H groups in total. The lowest BCUT2D eigenvalue weighted by atomic mass is 10.2. The Kier molecular flexibility index (Phi) is 6.30. The van der Waals surface area contributed by atoms with Crippen LogP contribution in [0.2, 0.25) is 0 Å². The van der Waals surface area contributed by atoms with Gasteiger partial charge in [-0.05, 0) is 18.2 Å². The van der Waals surface area contributed by atoms with Crippen molar-refractivity contribution in [3.05, 3.63) is 60.3 Å². The SMILES string of the molecule is CC.COc1cccc(-c2nc(Nc3ccncc3F)c3c(CO)ccn3n2)n1. The fraction of sp³-hybridized carbons (Fsp3) is 0.200. The first kappa shape index (κ1) is 20.2. The van der Waals surface area contributed by atoms with Gasteiger partial charge in [0.2, 0.25) is 11.7 Å². The number of halogens is 1. The lowest BCUT2D eigenvalue weighted by Crippen LogP contribution is -2.06.